The van der Waals surface area contributed by atoms with Crippen molar-refractivity contribution in [3.05, 3.63) is 57.7 Å². The average Bonchev–Trinajstić information content (AvgIpc) is 3.21. The van der Waals surface area contributed by atoms with Crippen molar-refractivity contribution in [3.8, 4) is 0 Å². The number of amides is 2. The van der Waals surface area contributed by atoms with Crippen LogP contribution in [0.15, 0.2) is 41.4 Å². The highest BCUT2D eigenvalue weighted by atomic mass is 32.1. The van der Waals surface area contributed by atoms with Crippen LogP contribution in [0.5, 0.6) is 0 Å². The number of piperidine rings is 1. The number of carbonyl (C=O) groups excluding carboxylic acids is 2. The van der Waals surface area contributed by atoms with Crippen LogP contribution < -0.4 is 5.32 Å². The first kappa shape index (κ1) is 23.5. The molecule has 0 saturated carbocycles. The second kappa shape index (κ2) is 9.95. The van der Waals surface area contributed by atoms with Gasteiger partial charge in [-0.2, -0.15) is 0 Å². The SMILES string of the molecule is CC(C)(C)OC(=O)N1CCC(c2nc(/C=C(\NC(=O)c3ccccc3)C(=O)O)cs2)CC1. The summed E-state index contributed by atoms with van der Waals surface area (Å²) in [5.74, 6) is -1.55. The van der Waals surface area contributed by atoms with Gasteiger partial charge in [0.2, 0.25) is 0 Å². The van der Waals surface area contributed by atoms with Gasteiger partial charge in [0.05, 0.1) is 10.7 Å². The first-order chi connectivity index (χ1) is 15.1. The van der Waals surface area contributed by atoms with Crippen LogP contribution in [0.2, 0.25) is 0 Å². The van der Waals surface area contributed by atoms with Gasteiger partial charge in [0.1, 0.15) is 11.3 Å². The van der Waals surface area contributed by atoms with Crippen LogP contribution in [0.3, 0.4) is 0 Å². The molecule has 2 N–H and O–H groups in total. The molecule has 1 saturated heterocycles. The number of rotatable bonds is 5. The average molecular weight is 458 g/mol. The molecule has 0 bridgehead atoms. The maximum Gasteiger partial charge on any atom is 0.410 e. The van der Waals surface area contributed by atoms with Gasteiger partial charge in [-0.3, -0.25) is 4.79 Å². The predicted molar refractivity (Wildman–Crippen MR) is 121 cm³/mol. The molecule has 1 aliphatic rings. The topological polar surface area (TPSA) is 109 Å². The van der Waals surface area contributed by atoms with Gasteiger partial charge >= 0.3 is 12.1 Å². The van der Waals surface area contributed by atoms with E-state index in [0.29, 0.717) is 24.3 Å². The van der Waals surface area contributed by atoms with Gasteiger partial charge < -0.3 is 20.1 Å². The number of carboxylic acid groups (broad SMARTS) is 1. The van der Waals surface area contributed by atoms with Crippen molar-refractivity contribution in [1.29, 1.82) is 0 Å². The zero-order valence-electron chi connectivity index (χ0n) is 18.3. The Morgan fingerprint density at radius 1 is 1.19 bits per heavy atom. The molecule has 2 amide bonds. The third-order valence-corrected chi connectivity index (χ3v) is 5.87. The van der Waals surface area contributed by atoms with Gasteiger partial charge in [0.25, 0.3) is 5.91 Å². The van der Waals surface area contributed by atoms with Gasteiger partial charge in [-0.25, -0.2) is 14.6 Å². The molecule has 0 spiro atoms. The van der Waals surface area contributed by atoms with Crippen LogP contribution in [0, 0.1) is 0 Å². The molecule has 2 aromatic rings. The van der Waals surface area contributed by atoms with Crippen molar-refractivity contribution >= 4 is 35.4 Å². The second-order valence-electron chi connectivity index (χ2n) is 8.54. The van der Waals surface area contributed by atoms with Crippen molar-refractivity contribution in [2.24, 2.45) is 0 Å². The monoisotopic (exact) mass is 457 g/mol. The molecular weight excluding hydrogens is 430 g/mol. The number of nitrogens with zero attached hydrogens (tertiary/aromatic N) is 2. The highest BCUT2D eigenvalue weighted by Gasteiger charge is 2.28. The summed E-state index contributed by atoms with van der Waals surface area (Å²) in [6.45, 7) is 6.69. The number of carbonyl (C=O) groups is 3. The van der Waals surface area contributed by atoms with Gasteiger partial charge in [-0.05, 0) is 51.8 Å². The second-order valence-corrected chi connectivity index (χ2v) is 9.43. The Morgan fingerprint density at radius 2 is 1.84 bits per heavy atom. The number of benzene rings is 1. The summed E-state index contributed by atoms with van der Waals surface area (Å²) in [4.78, 5) is 42.4. The fourth-order valence-corrected chi connectivity index (χ4v) is 4.22. The lowest BCUT2D eigenvalue weighted by molar-refractivity contribution is -0.132. The van der Waals surface area contributed by atoms with E-state index in [-0.39, 0.29) is 17.7 Å². The van der Waals surface area contributed by atoms with Crippen LogP contribution >= 0.6 is 11.3 Å². The fourth-order valence-electron chi connectivity index (χ4n) is 3.27. The fraction of sp³-hybridized carbons (Fsp3) is 0.391. The predicted octanol–water partition coefficient (Wildman–Crippen LogP) is 4.11. The van der Waals surface area contributed by atoms with E-state index in [1.165, 1.54) is 17.4 Å². The number of nitrogens with one attached hydrogen (secondary N) is 1. The summed E-state index contributed by atoms with van der Waals surface area (Å²) in [6.07, 6.45) is 2.57. The van der Waals surface area contributed by atoms with Crippen LogP contribution in [0.25, 0.3) is 6.08 Å². The van der Waals surface area contributed by atoms with E-state index >= 15 is 0 Å². The van der Waals surface area contributed by atoms with Gasteiger partial charge in [0.15, 0.2) is 0 Å². The molecule has 1 aromatic heterocycles. The molecule has 0 atom stereocenters. The van der Waals surface area contributed by atoms with Gasteiger partial charge in [-0.1, -0.05) is 18.2 Å². The molecule has 0 aliphatic carbocycles. The van der Waals surface area contributed by atoms with Crippen LogP contribution in [0.1, 0.15) is 60.6 Å². The molecule has 0 radical (unpaired) electrons. The maximum absolute atomic E-state index is 12.3. The van der Waals surface area contributed by atoms with Crippen LogP contribution in [0.4, 0.5) is 4.79 Å². The highest BCUT2D eigenvalue weighted by Crippen LogP contribution is 2.31. The lowest BCUT2D eigenvalue weighted by atomic mass is 9.98. The Morgan fingerprint density at radius 3 is 2.44 bits per heavy atom. The van der Waals surface area contributed by atoms with Crippen LogP contribution in [-0.2, 0) is 9.53 Å². The molecule has 170 valence electrons. The molecule has 1 aliphatic heterocycles. The zero-order chi connectivity index (χ0) is 23.3. The summed E-state index contributed by atoms with van der Waals surface area (Å²) in [6, 6.07) is 8.41. The minimum absolute atomic E-state index is 0.188. The van der Waals surface area contributed by atoms with Gasteiger partial charge in [0, 0.05) is 30.0 Å². The molecule has 8 nitrogen and oxygen atoms in total. The Labute approximate surface area is 190 Å². The minimum atomic E-state index is -1.24. The lowest BCUT2D eigenvalue weighted by Crippen LogP contribution is -2.41. The maximum atomic E-state index is 12.3. The number of carboxylic acids is 1. The van der Waals surface area contributed by atoms with Gasteiger partial charge in [-0.15, -0.1) is 11.3 Å². The minimum Gasteiger partial charge on any atom is -0.477 e. The molecule has 3 rings (SSSR count). The van der Waals surface area contributed by atoms with Crippen molar-refractivity contribution in [3.63, 3.8) is 0 Å². The smallest absolute Gasteiger partial charge is 0.410 e. The number of ether oxygens (including phenoxy) is 1. The summed E-state index contributed by atoms with van der Waals surface area (Å²) >= 11 is 1.45. The largest absolute Gasteiger partial charge is 0.477 e. The summed E-state index contributed by atoms with van der Waals surface area (Å²) in [7, 11) is 0. The third kappa shape index (κ3) is 6.40. The Bertz CT molecular complexity index is 1000. The Hall–Kier alpha value is -3.20. The molecule has 1 fully saturated rings. The summed E-state index contributed by atoms with van der Waals surface area (Å²) < 4.78 is 5.43. The lowest BCUT2D eigenvalue weighted by Gasteiger charge is -2.32. The van der Waals surface area contributed by atoms with Crippen molar-refractivity contribution in [2.45, 2.75) is 45.1 Å². The van der Waals surface area contributed by atoms with Crippen molar-refractivity contribution < 1.29 is 24.2 Å². The molecule has 1 aromatic carbocycles. The number of hydrogen-bond acceptors (Lipinski definition) is 6. The molecule has 2 heterocycles. The van der Waals surface area contributed by atoms with E-state index in [4.69, 9.17) is 4.74 Å². The van der Waals surface area contributed by atoms with E-state index in [1.807, 2.05) is 20.8 Å². The number of likely N-dealkylation sites (tertiary alicyclic amines) is 1. The summed E-state index contributed by atoms with van der Waals surface area (Å²) in [5, 5.41) is 14.6. The number of aliphatic carboxylic acids is 1. The summed E-state index contributed by atoms with van der Waals surface area (Å²) in [5.41, 5.74) is 0.0820. The van der Waals surface area contributed by atoms with E-state index in [1.54, 1.807) is 40.6 Å². The number of hydrogen-bond donors (Lipinski definition) is 2. The molecule has 32 heavy (non-hydrogen) atoms. The van der Waals surface area contributed by atoms with E-state index in [2.05, 4.69) is 10.3 Å². The number of aromatic nitrogens is 1. The first-order valence-electron chi connectivity index (χ1n) is 10.4. The van der Waals surface area contributed by atoms with E-state index < -0.39 is 17.5 Å². The van der Waals surface area contributed by atoms with Crippen molar-refractivity contribution in [2.75, 3.05) is 13.1 Å². The van der Waals surface area contributed by atoms with E-state index in [9.17, 15) is 19.5 Å². The Kier molecular flexibility index (Phi) is 7.29. The standard InChI is InChI=1S/C23H27N3O5S/c1-23(2,3)31-22(30)26-11-9-16(10-12-26)20-24-17(14-32-20)13-18(21(28)29)25-19(27)15-7-5-4-6-8-15/h4-8,13-14,16H,9-12H2,1-3H3,(H,25,27)(H,28,29)/b18-13-. The molecule has 0 unspecified atom stereocenters. The van der Waals surface area contributed by atoms with Crippen molar-refractivity contribution in [1.82, 2.24) is 15.2 Å². The Balaban J connectivity index is 1.63. The number of thiazole rings is 1. The normalized spacial score (nSPS) is 15.3. The highest BCUT2D eigenvalue weighted by molar-refractivity contribution is 7.09. The third-order valence-electron chi connectivity index (χ3n) is 4.84. The molecule has 9 heteroatoms. The van der Waals surface area contributed by atoms with Crippen LogP contribution in [-0.4, -0.2) is 51.7 Å². The zero-order valence-corrected chi connectivity index (χ0v) is 19.1. The molecular formula is C23H27N3O5S. The quantitative estimate of drug-likeness (QED) is 0.654. The first-order valence-corrected chi connectivity index (χ1v) is 11.2. The van der Waals surface area contributed by atoms with E-state index in [0.717, 1.165) is 17.8 Å².